The third kappa shape index (κ3) is 6.14. The minimum absolute atomic E-state index is 0.232. The Balaban J connectivity index is 1.53. The van der Waals surface area contributed by atoms with E-state index in [0.29, 0.717) is 44.1 Å². The molecular weight excluding hydrogens is 456 g/mol. The lowest BCUT2D eigenvalue weighted by atomic mass is 10.1. The number of amides is 3. The van der Waals surface area contributed by atoms with Crippen LogP contribution in [-0.4, -0.2) is 45.4 Å². The second-order valence-corrected chi connectivity index (χ2v) is 8.69. The second kappa shape index (κ2) is 11.6. The van der Waals surface area contributed by atoms with Gasteiger partial charge in [0.2, 0.25) is 0 Å². The summed E-state index contributed by atoms with van der Waals surface area (Å²) in [6, 6.07) is 18.3. The number of benzene rings is 3. The highest BCUT2D eigenvalue weighted by molar-refractivity contribution is 6.04. The number of carbonyl (C=O) groups excluding carboxylic acids is 2. The molecule has 0 spiro atoms. The minimum atomic E-state index is -0.368. The van der Waals surface area contributed by atoms with E-state index in [0.717, 1.165) is 33.8 Å². The summed E-state index contributed by atoms with van der Waals surface area (Å²) in [7, 11) is 1.61. The van der Waals surface area contributed by atoms with Gasteiger partial charge < -0.3 is 30.3 Å². The molecule has 3 aromatic rings. The summed E-state index contributed by atoms with van der Waals surface area (Å²) in [6.07, 6.45) is 0. The average molecular weight is 489 g/mol. The van der Waals surface area contributed by atoms with Crippen LogP contribution < -0.4 is 25.6 Å². The molecule has 0 aliphatic carbocycles. The van der Waals surface area contributed by atoms with E-state index in [-0.39, 0.29) is 11.9 Å². The van der Waals surface area contributed by atoms with Crippen molar-refractivity contribution in [2.75, 3.05) is 48.9 Å². The quantitative estimate of drug-likeness (QED) is 0.448. The molecule has 1 saturated heterocycles. The number of rotatable bonds is 7. The van der Waals surface area contributed by atoms with Gasteiger partial charge in [-0.3, -0.25) is 4.79 Å². The molecule has 3 aromatic carbocycles. The van der Waals surface area contributed by atoms with Crippen LogP contribution in [0, 0.1) is 13.8 Å². The number of hydrogen-bond donors (Lipinski definition) is 3. The molecule has 0 saturated carbocycles. The first-order valence-electron chi connectivity index (χ1n) is 12.0. The summed E-state index contributed by atoms with van der Waals surface area (Å²) >= 11 is 0. The molecule has 36 heavy (non-hydrogen) atoms. The molecule has 1 aliphatic heterocycles. The van der Waals surface area contributed by atoms with Crippen LogP contribution in [0.15, 0.2) is 60.7 Å². The molecule has 1 heterocycles. The smallest absolute Gasteiger partial charge is 0.323 e. The van der Waals surface area contributed by atoms with E-state index >= 15 is 0 Å². The molecule has 1 aliphatic rings. The number of aryl methyl sites for hydroxylation is 1. The zero-order chi connectivity index (χ0) is 25.5. The maximum Gasteiger partial charge on any atom is 0.323 e. The summed E-state index contributed by atoms with van der Waals surface area (Å²) in [5.74, 6) is 0.502. The largest absolute Gasteiger partial charge is 0.497 e. The van der Waals surface area contributed by atoms with Gasteiger partial charge in [0.1, 0.15) is 5.75 Å². The Morgan fingerprint density at radius 3 is 2.47 bits per heavy atom. The predicted octanol–water partition coefficient (Wildman–Crippen LogP) is 4.72. The molecule has 0 aromatic heterocycles. The molecule has 3 amide bonds. The van der Waals surface area contributed by atoms with E-state index in [4.69, 9.17) is 9.47 Å². The molecule has 8 heteroatoms. The first-order valence-corrected chi connectivity index (χ1v) is 12.0. The van der Waals surface area contributed by atoms with Crippen LogP contribution in [0.5, 0.6) is 5.75 Å². The molecule has 1 fully saturated rings. The van der Waals surface area contributed by atoms with Gasteiger partial charge in [-0.25, -0.2) is 4.79 Å². The third-order valence-electron chi connectivity index (χ3n) is 6.30. The number of ether oxygens (including phenoxy) is 2. The molecule has 4 rings (SSSR count). The number of methoxy groups -OCH3 is 1. The van der Waals surface area contributed by atoms with Crippen molar-refractivity contribution in [1.29, 1.82) is 0 Å². The van der Waals surface area contributed by atoms with Crippen molar-refractivity contribution in [3.8, 4) is 5.75 Å². The van der Waals surface area contributed by atoms with Crippen LogP contribution >= 0.6 is 0 Å². The van der Waals surface area contributed by atoms with Crippen molar-refractivity contribution in [2.24, 2.45) is 0 Å². The Kier molecular flexibility index (Phi) is 8.07. The first-order chi connectivity index (χ1) is 17.4. The van der Waals surface area contributed by atoms with Crippen molar-refractivity contribution < 1.29 is 19.1 Å². The zero-order valence-corrected chi connectivity index (χ0v) is 20.9. The number of carbonyl (C=O) groups is 2. The Morgan fingerprint density at radius 2 is 1.69 bits per heavy atom. The monoisotopic (exact) mass is 488 g/mol. The first kappa shape index (κ1) is 25.1. The van der Waals surface area contributed by atoms with Crippen LogP contribution in [-0.2, 0) is 11.3 Å². The molecule has 0 unspecified atom stereocenters. The molecule has 0 atom stereocenters. The fraction of sp³-hybridized carbons (Fsp3) is 0.286. The van der Waals surface area contributed by atoms with Crippen molar-refractivity contribution in [2.45, 2.75) is 20.4 Å². The summed E-state index contributed by atoms with van der Waals surface area (Å²) in [6.45, 7) is 6.95. The van der Waals surface area contributed by atoms with Crippen LogP contribution in [0.2, 0.25) is 0 Å². The van der Waals surface area contributed by atoms with Gasteiger partial charge in [-0.15, -0.1) is 0 Å². The number of anilines is 3. The van der Waals surface area contributed by atoms with E-state index in [9.17, 15) is 9.59 Å². The second-order valence-electron chi connectivity index (χ2n) is 8.69. The lowest BCUT2D eigenvalue weighted by molar-refractivity contribution is 0.0950. The average Bonchev–Trinajstić information content (AvgIpc) is 2.90. The molecule has 8 nitrogen and oxygen atoms in total. The summed E-state index contributed by atoms with van der Waals surface area (Å²) < 4.78 is 10.7. The van der Waals surface area contributed by atoms with E-state index in [2.05, 4.69) is 20.9 Å². The standard InChI is InChI=1S/C28H32N4O4/c1-19-6-4-9-24(20(19)2)30-28(34)31-25-17-22(10-11-26(25)32-12-14-36-15-13-32)27(33)29-18-21-7-5-8-23(16-21)35-3/h4-11,16-17H,12-15,18H2,1-3H3,(H,29,33)(H2,30,31,34). The Bertz CT molecular complexity index is 1240. The minimum Gasteiger partial charge on any atom is -0.497 e. The van der Waals surface area contributed by atoms with E-state index in [1.807, 2.05) is 62.4 Å². The van der Waals surface area contributed by atoms with Gasteiger partial charge in [-0.1, -0.05) is 24.3 Å². The third-order valence-corrected chi connectivity index (χ3v) is 6.30. The van der Waals surface area contributed by atoms with E-state index in [1.54, 1.807) is 19.2 Å². The number of morpholine rings is 1. The Morgan fingerprint density at radius 1 is 0.944 bits per heavy atom. The van der Waals surface area contributed by atoms with Gasteiger partial charge in [0.15, 0.2) is 0 Å². The maximum absolute atomic E-state index is 13.0. The Labute approximate surface area is 211 Å². The molecule has 0 radical (unpaired) electrons. The highest BCUT2D eigenvalue weighted by atomic mass is 16.5. The van der Waals surface area contributed by atoms with Crippen LogP contribution in [0.1, 0.15) is 27.0 Å². The van der Waals surface area contributed by atoms with Gasteiger partial charge in [0.05, 0.1) is 31.7 Å². The summed E-state index contributed by atoms with van der Waals surface area (Å²) in [5.41, 5.74) is 5.64. The highest BCUT2D eigenvalue weighted by Crippen LogP contribution is 2.29. The normalized spacial score (nSPS) is 13.1. The number of nitrogens with one attached hydrogen (secondary N) is 3. The van der Waals surface area contributed by atoms with Crippen molar-refractivity contribution >= 4 is 29.0 Å². The molecule has 3 N–H and O–H groups in total. The summed E-state index contributed by atoms with van der Waals surface area (Å²) in [4.78, 5) is 28.1. The Hall–Kier alpha value is -4.04. The van der Waals surface area contributed by atoms with Gasteiger partial charge in [0, 0.05) is 30.9 Å². The number of nitrogens with zero attached hydrogens (tertiary/aromatic N) is 1. The molecule has 0 bridgehead atoms. The summed E-state index contributed by atoms with van der Waals surface area (Å²) in [5, 5.41) is 8.83. The van der Waals surface area contributed by atoms with E-state index in [1.165, 1.54) is 0 Å². The lowest BCUT2D eigenvalue weighted by Gasteiger charge is -2.30. The number of hydrogen-bond acceptors (Lipinski definition) is 5. The zero-order valence-electron chi connectivity index (χ0n) is 20.9. The topological polar surface area (TPSA) is 91.9 Å². The van der Waals surface area contributed by atoms with Gasteiger partial charge >= 0.3 is 6.03 Å². The van der Waals surface area contributed by atoms with Crippen LogP contribution in [0.25, 0.3) is 0 Å². The van der Waals surface area contributed by atoms with Crippen LogP contribution in [0.3, 0.4) is 0 Å². The highest BCUT2D eigenvalue weighted by Gasteiger charge is 2.19. The lowest BCUT2D eigenvalue weighted by Crippen LogP contribution is -2.37. The number of urea groups is 1. The van der Waals surface area contributed by atoms with Crippen LogP contribution in [0.4, 0.5) is 21.9 Å². The fourth-order valence-electron chi connectivity index (χ4n) is 4.09. The SMILES string of the molecule is COc1cccc(CNC(=O)c2ccc(N3CCOCC3)c(NC(=O)Nc3cccc(C)c3C)c2)c1. The van der Waals surface area contributed by atoms with Gasteiger partial charge in [-0.2, -0.15) is 0 Å². The van der Waals surface area contributed by atoms with Crippen molar-refractivity contribution in [3.63, 3.8) is 0 Å². The predicted molar refractivity (Wildman–Crippen MR) is 142 cm³/mol. The maximum atomic E-state index is 13.0. The van der Waals surface area contributed by atoms with Gasteiger partial charge in [-0.05, 0) is 66.9 Å². The molecular formula is C28H32N4O4. The van der Waals surface area contributed by atoms with Gasteiger partial charge in [0.25, 0.3) is 5.91 Å². The fourth-order valence-corrected chi connectivity index (χ4v) is 4.09. The molecule has 188 valence electrons. The van der Waals surface area contributed by atoms with E-state index < -0.39 is 0 Å². The van der Waals surface area contributed by atoms with Crippen molar-refractivity contribution in [3.05, 3.63) is 82.9 Å². The van der Waals surface area contributed by atoms with Crippen molar-refractivity contribution in [1.82, 2.24) is 5.32 Å².